The highest BCUT2D eigenvalue weighted by atomic mass is 32.1. The molecule has 9 aromatic carbocycles. The Morgan fingerprint density at radius 3 is 1.54 bits per heavy atom. The van der Waals surface area contributed by atoms with Gasteiger partial charge in [-0.2, -0.15) is 0 Å². The maximum atomic E-state index is 5.25. The van der Waals surface area contributed by atoms with E-state index in [9.17, 15) is 0 Å². The van der Waals surface area contributed by atoms with Crippen LogP contribution in [0.15, 0.2) is 182 Å². The number of thiophene rings is 1. The summed E-state index contributed by atoms with van der Waals surface area (Å²) in [4.78, 5) is 15.5. The number of hydrogen-bond donors (Lipinski definition) is 0. The Labute approximate surface area is 325 Å². The van der Waals surface area contributed by atoms with E-state index in [0.717, 1.165) is 33.3 Å². The molecular weight excluding hydrogens is 701 g/mol. The normalized spacial score (nSPS) is 11.9. The van der Waals surface area contributed by atoms with Crippen molar-refractivity contribution in [2.45, 2.75) is 0 Å². The van der Waals surface area contributed by atoms with Crippen molar-refractivity contribution in [3.8, 4) is 39.9 Å². The van der Waals surface area contributed by atoms with Gasteiger partial charge in [-0.15, -0.1) is 11.3 Å². The molecule has 0 bridgehead atoms. The summed E-state index contributed by atoms with van der Waals surface area (Å²) in [7, 11) is 0. The van der Waals surface area contributed by atoms with Crippen molar-refractivity contribution in [2.24, 2.45) is 0 Å². The van der Waals surface area contributed by atoms with Crippen LogP contribution in [0.4, 0.5) is 0 Å². The minimum absolute atomic E-state index is 0.630. The highest BCUT2D eigenvalue weighted by Gasteiger charge is 2.23. The summed E-state index contributed by atoms with van der Waals surface area (Å²) in [5.41, 5.74) is 6.29. The second kappa shape index (κ2) is 12.2. The molecule has 0 unspecified atom stereocenters. The molecule has 0 saturated heterocycles. The molecule has 0 saturated carbocycles. The highest BCUT2D eigenvalue weighted by Crippen LogP contribution is 2.46. The van der Waals surface area contributed by atoms with E-state index in [1.807, 2.05) is 47.7 Å². The lowest BCUT2D eigenvalue weighted by Crippen LogP contribution is -2.02. The molecule has 0 N–H and O–H groups in total. The molecule has 56 heavy (non-hydrogen) atoms. The number of benzene rings is 9. The second-order valence-electron chi connectivity index (χ2n) is 14.3. The Morgan fingerprint density at radius 2 is 0.857 bits per heavy atom. The van der Waals surface area contributed by atoms with Crippen molar-refractivity contribution in [3.63, 3.8) is 0 Å². The molecule has 0 aliphatic heterocycles. The van der Waals surface area contributed by atoms with E-state index >= 15 is 0 Å². The second-order valence-corrected chi connectivity index (χ2v) is 15.4. The summed E-state index contributed by atoms with van der Waals surface area (Å²) in [5.74, 6) is 1.91. The maximum absolute atomic E-state index is 5.25. The third kappa shape index (κ3) is 4.62. The van der Waals surface area contributed by atoms with Crippen molar-refractivity contribution in [1.82, 2.24) is 19.5 Å². The molecule has 0 aliphatic carbocycles. The van der Waals surface area contributed by atoms with Gasteiger partial charge in [0.1, 0.15) is 0 Å². The van der Waals surface area contributed by atoms with E-state index in [1.54, 1.807) is 0 Å². The van der Waals surface area contributed by atoms with Crippen LogP contribution in [0.1, 0.15) is 0 Å². The third-order valence-electron chi connectivity index (χ3n) is 11.2. The van der Waals surface area contributed by atoms with Crippen LogP contribution in [-0.2, 0) is 0 Å². The number of nitrogens with zero attached hydrogens (tertiary/aromatic N) is 4. The fourth-order valence-electron chi connectivity index (χ4n) is 8.74. The lowest BCUT2D eigenvalue weighted by molar-refractivity contribution is 1.07. The number of para-hydroxylation sites is 1. The van der Waals surface area contributed by atoms with E-state index in [1.165, 1.54) is 63.4 Å². The summed E-state index contributed by atoms with van der Waals surface area (Å²) in [5, 5.41) is 12.2. The first-order valence-electron chi connectivity index (χ1n) is 18.9. The van der Waals surface area contributed by atoms with Gasteiger partial charge in [-0.3, -0.25) is 0 Å². The minimum Gasteiger partial charge on any atom is -0.307 e. The molecule has 260 valence electrons. The fraction of sp³-hybridized carbons (Fsp3) is 0. The predicted octanol–water partition coefficient (Wildman–Crippen LogP) is 13.8. The standard InChI is InChI=1S/C51H30N4S/c1-3-15-31(16-4-1)49-52-50(32-17-5-2-6-18-32)54-51(53-49)33-29-42-36-21-8-7-19-34(36)35-20-9-10-24-39(35)46(42)44(30-33)55-43-25-13-11-22-37(43)40-27-28-41-38-23-12-14-26-45(38)56-48(41)47(40)55/h1-30H. The van der Waals surface area contributed by atoms with Gasteiger partial charge in [0.15, 0.2) is 17.5 Å². The molecule has 4 nitrogen and oxygen atoms in total. The van der Waals surface area contributed by atoms with Crippen LogP contribution >= 0.6 is 11.3 Å². The Morgan fingerprint density at radius 1 is 0.357 bits per heavy atom. The molecule has 12 aromatic rings. The monoisotopic (exact) mass is 730 g/mol. The largest absolute Gasteiger partial charge is 0.307 e. The quantitative estimate of drug-likeness (QED) is 0.169. The van der Waals surface area contributed by atoms with Gasteiger partial charge in [0.2, 0.25) is 0 Å². The van der Waals surface area contributed by atoms with Crippen molar-refractivity contribution < 1.29 is 0 Å². The molecule has 0 aliphatic rings. The maximum Gasteiger partial charge on any atom is 0.164 e. The smallest absolute Gasteiger partial charge is 0.164 e. The molecule has 0 fully saturated rings. The van der Waals surface area contributed by atoms with Crippen LogP contribution in [-0.4, -0.2) is 19.5 Å². The Hall–Kier alpha value is -7.21. The van der Waals surface area contributed by atoms with Crippen LogP contribution in [0, 0.1) is 0 Å². The van der Waals surface area contributed by atoms with E-state index < -0.39 is 0 Å². The van der Waals surface area contributed by atoms with Crippen molar-refractivity contribution in [2.75, 3.05) is 0 Å². The summed E-state index contributed by atoms with van der Waals surface area (Å²) in [6, 6.07) is 64.9. The Kier molecular flexibility index (Phi) is 6.76. The lowest BCUT2D eigenvalue weighted by atomic mass is 9.91. The van der Waals surface area contributed by atoms with Gasteiger partial charge in [-0.25, -0.2) is 15.0 Å². The van der Waals surface area contributed by atoms with E-state index in [2.05, 4.69) is 150 Å². The molecule has 0 radical (unpaired) electrons. The zero-order valence-electron chi connectivity index (χ0n) is 30.0. The van der Waals surface area contributed by atoms with Crippen molar-refractivity contribution in [3.05, 3.63) is 182 Å². The minimum atomic E-state index is 0.630. The first-order chi connectivity index (χ1) is 27.8. The zero-order valence-corrected chi connectivity index (χ0v) is 30.8. The summed E-state index contributed by atoms with van der Waals surface area (Å²) >= 11 is 1.87. The lowest BCUT2D eigenvalue weighted by Gasteiger charge is -2.18. The molecule has 0 atom stereocenters. The Balaban J connectivity index is 1.28. The Bertz CT molecular complexity index is 3470. The van der Waals surface area contributed by atoms with Gasteiger partial charge < -0.3 is 4.57 Å². The van der Waals surface area contributed by atoms with Gasteiger partial charge in [0, 0.05) is 48.3 Å². The van der Waals surface area contributed by atoms with E-state index in [-0.39, 0.29) is 0 Å². The average molecular weight is 731 g/mol. The van der Waals surface area contributed by atoms with Crippen molar-refractivity contribution >= 4 is 85.6 Å². The zero-order chi connectivity index (χ0) is 36.7. The van der Waals surface area contributed by atoms with Crippen LogP contribution in [0.25, 0.3) is 114 Å². The molecule has 0 spiro atoms. The van der Waals surface area contributed by atoms with Gasteiger partial charge in [0.25, 0.3) is 0 Å². The number of fused-ring (bicyclic) bond motifs is 13. The van der Waals surface area contributed by atoms with E-state index in [4.69, 9.17) is 15.0 Å². The third-order valence-corrected chi connectivity index (χ3v) is 12.4. The summed E-state index contributed by atoms with van der Waals surface area (Å²) in [6.45, 7) is 0. The summed E-state index contributed by atoms with van der Waals surface area (Å²) in [6.07, 6.45) is 0. The van der Waals surface area contributed by atoms with Crippen LogP contribution < -0.4 is 0 Å². The van der Waals surface area contributed by atoms with Crippen molar-refractivity contribution in [1.29, 1.82) is 0 Å². The van der Waals surface area contributed by atoms with Gasteiger partial charge in [0.05, 0.1) is 21.4 Å². The molecule has 0 amide bonds. The molecule has 12 rings (SSSR count). The van der Waals surface area contributed by atoms with E-state index in [0.29, 0.717) is 17.5 Å². The van der Waals surface area contributed by atoms with Gasteiger partial charge in [-0.05, 0) is 51.2 Å². The highest BCUT2D eigenvalue weighted by molar-refractivity contribution is 7.26. The average Bonchev–Trinajstić information content (AvgIpc) is 3.83. The number of hydrogen-bond acceptors (Lipinski definition) is 4. The van der Waals surface area contributed by atoms with Crippen LogP contribution in [0.5, 0.6) is 0 Å². The molecular formula is C51H30N4S. The topological polar surface area (TPSA) is 43.6 Å². The number of rotatable bonds is 4. The fourth-order valence-corrected chi connectivity index (χ4v) is 9.98. The SMILES string of the molecule is c1ccc(-c2nc(-c3ccccc3)nc(-c3cc(-n4c5ccccc5c5ccc6c7ccccc7sc6c54)c4c5ccccc5c5ccccc5c4c3)n2)cc1. The molecule has 3 heterocycles. The first kappa shape index (κ1) is 31.2. The first-order valence-corrected chi connectivity index (χ1v) is 19.7. The summed E-state index contributed by atoms with van der Waals surface area (Å²) < 4.78 is 5.09. The van der Waals surface area contributed by atoms with Gasteiger partial charge >= 0.3 is 0 Å². The molecule has 5 heteroatoms. The van der Waals surface area contributed by atoms with Gasteiger partial charge in [-0.1, -0.05) is 158 Å². The van der Waals surface area contributed by atoms with Crippen LogP contribution in [0.2, 0.25) is 0 Å². The molecule has 3 aromatic heterocycles. The number of aromatic nitrogens is 4. The predicted molar refractivity (Wildman–Crippen MR) is 236 cm³/mol. The van der Waals surface area contributed by atoms with Crippen LogP contribution in [0.3, 0.4) is 0 Å².